The number of hydrogen-bond acceptors (Lipinski definition) is 4. The van der Waals surface area contributed by atoms with Crippen molar-refractivity contribution in [3.05, 3.63) is 16.1 Å². The Labute approximate surface area is 147 Å². The van der Waals surface area contributed by atoms with E-state index in [1.807, 2.05) is 11.8 Å². The van der Waals surface area contributed by atoms with E-state index in [4.69, 9.17) is 0 Å². The van der Waals surface area contributed by atoms with Crippen molar-refractivity contribution in [2.75, 3.05) is 13.1 Å². The number of nitrogens with zero attached hydrogens (tertiary/aromatic N) is 2. The fourth-order valence-corrected chi connectivity index (χ4v) is 4.01. The maximum atomic E-state index is 12.5. The van der Waals surface area contributed by atoms with Gasteiger partial charge in [-0.05, 0) is 25.7 Å². The zero-order valence-corrected chi connectivity index (χ0v) is 15.8. The molecule has 0 bridgehead atoms. The maximum absolute atomic E-state index is 12.5. The highest BCUT2D eigenvalue weighted by Crippen LogP contribution is 2.32. The van der Waals surface area contributed by atoms with E-state index in [0.29, 0.717) is 18.9 Å². The van der Waals surface area contributed by atoms with Crippen LogP contribution in [0.3, 0.4) is 0 Å². The van der Waals surface area contributed by atoms with Crippen LogP contribution in [0.4, 0.5) is 0 Å². The second-order valence-electron chi connectivity index (χ2n) is 8.19. The molecule has 1 aliphatic carbocycles. The molecule has 1 N–H and O–H groups in total. The lowest BCUT2D eigenvalue weighted by molar-refractivity contribution is -0.129. The van der Waals surface area contributed by atoms with E-state index in [1.54, 1.807) is 11.3 Å². The summed E-state index contributed by atoms with van der Waals surface area (Å²) in [6.07, 6.45) is 2.78. The van der Waals surface area contributed by atoms with Gasteiger partial charge in [0, 0.05) is 30.3 Å². The fraction of sp³-hybridized carbons (Fsp3) is 0.722. The third-order valence-electron chi connectivity index (χ3n) is 4.78. The molecule has 1 saturated carbocycles. The molecule has 1 aromatic rings. The van der Waals surface area contributed by atoms with Crippen molar-refractivity contribution in [1.82, 2.24) is 15.2 Å². The Balaban J connectivity index is 1.56. The van der Waals surface area contributed by atoms with Crippen LogP contribution in [0.5, 0.6) is 0 Å². The number of thiazole rings is 1. The average Bonchev–Trinajstić information content (AvgIpc) is 3.01. The topological polar surface area (TPSA) is 62.3 Å². The summed E-state index contributed by atoms with van der Waals surface area (Å²) in [6, 6.07) is -0.119. The van der Waals surface area contributed by atoms with Crippen molar-refractivity contribution in [3.63, 3.8) is 0 Å². The van der Waals surface area contributed by atoms with E-state index in [1.165, 1.54) is 12.8 Å². The van der Waals surface area contributed by atoms with Crippen LogP contribution >= 0.6 is 11.3 Å². The first kappa shape index (κ1) is 17.4. The van der Waals surface area contributed by atoms with Crippen molar-refractivity contribution in [1.29, 1.82) is 0 Å². The summed E-state index contributed by atoms with van der Waals surface area (Å²) >= 11 is 1.58. The zero-order chi connectivity index (χ0) is 17.5. The Bertz CT molecular complexity index is 630. The summed E-state index contributed by atoms with van der Waals surface area (Å²) < 4.78 is 0. The third kappa shape index (κ3) is 3.97. The molecule has 0 unspecified atom stereocenters. The monoisotopic (exact) mass is 349 g/mol. The van der Waals surface area contributed by atoms with Gasteiger partial charge in [0.1, 0.15) is 5.01 Å². The van der Waals surface area contributed by atoms with Crippen molar-refractivity contribution in [2.45, 2.75) is 58.4 Å². The summed E-state index contributed by atoms with van der Waals surface area (Å²) in [6.45, 7) is 9.76. The number of aromatic nitrogens is 1. The summed E-state index contributed by atoms with van der Waals surface area (Å²) in [7, 11) is 0. The molecular weight excluding hydrogens is 322 g/mol. The second-order valence-corrected chi connectivity index (χ2v) is 9.08. The van der Waals surface area contributed by atoms with Crippen LogP contribution in [0.2, 0.25) is 0 Å². The minimum Gasteiger partial charge on any atom is -0.347 e. The van der Waals surface area contributed by atoms with Crippen molar-refractivity contribution in [3.8, 4) is 0 Å². The maximum Gasteiger partial charge on any atom is 0.225 e. The molecule has 132 valence electrons. The van der Waals surface area contributed by atoms with Gasteiger partial charge in [-0.2, -0.15) is 0 Å². The molecule has 0 aromatic carbocycles. The summed E-state index contributed by atoms with van der Waals surface area (Å²) in [5.41, 5.74) is 1.06. The lowest BCUT2D eigenvalue weighted by atomic mass is 9.93. The molecule has 1 aromatic heterocycles. The molecule has 0 radical (unpaired) electrons. The molecule has 6 heteroatoms. The van der Waals surface area contributed by atoms with E-state index < -0.39 is 0 Å². The molecule has 2 aliphatic rings. The smallest absolute Gasteiger partial charge is 0.225 e. The van der Waals surface area contributed by atoms with E-state index in [-0.39, 0.29) is 29.2 Å². The van der Waals surface area contributed by atoms with E-state index >= 15 is 0 Å². The van der Waals surface area contributed by atoms with Crippen LogP contribution in [-0.4, -0.2) is 34.8 Å². The molecule has 5 nitrogen and oxygen atoms in total. The molecule has 2 atom stereocenters. The SMILES string of the molecule is C[C@@H](NC(=O)[C@H]1CC(=O)N(CC2CC2)C1)c1nc(C(C)(C)C)cs1. The Hall–Kier alpha value is -1.43. The molecule has 1 aliphatic heterocycles. The first-order chi connectivity index (χ1) is 11.2. The first-order valence-corrected chi connectivity index (χ1v) is 9.66. The van der Waals surface area contributed by atoms with Gasteiger partial charge in [-0.1, -0.05) is 20.8 Å². The molecule has 2 heterocycles. The molecule has 1 saturated heterocycles. The minimum atomic E-state index is -0.222. The Morgan fingerprint density at radius 3 is 2.75 bits per heavy atom. The zero-order valence-electron chi connectivity index (χ0n) is 15.0. The molecule has 2 amide bonds. The van der Waals surface area contributed by atoms with Crippen molar-refractivity contribution in [2.24, 2.45) is 11.8 Å². The molecule has 0 spiro atoms. The summed E-state index contributed by atoms with van der Waals surface area (Å²) in [4.78, 5) is 31.1. The Morgan fingerprint density at radius 2 is 2.17 bits per heavy atom. The number of nitrogens with one attached hydrogen (secondary N) is 1. The third-order valence-corrected chi connectivity index (χ3v) is 5.81. The van der Waals surface area contributed by atoms with Gasteiger partial charge in [0.05, 0.1) is 17.7 Å². The lowest BCUT2D eigenvalue weighted by Gasteiger charge is -2.18. The fourth-order valence-electron chi connectivity index (χ4n) is 2.96. The number of amides is 2. The number of carbonyl (C=O) groups is 2. The number of likely N-dealkylation sites (tertiary alicyclic amines) is 1. The summed E-state index contributed by atoms with van der Waals surface area (Å²) in [5, 5.41) is 6.03. The first-order valence-electron chi connectivity index (χ1n) is 8.78. The van der Waals surface area contributed by atoms with Gasteiger partial charge in [-0.3, -0.25) is 9.59 Å². The molecular formula is C18H27N3O2S. The van der Waals surface area contributed by atoms with Crippen LogP contribution in [-0.2, 0) is 15.0 Å². The van der Waals surface area contributed by atoms with Gasteiger partial charge in [0.2, 0.25) is 11.8 Å². The normalized spacial score (nSPS) is 22.8. The molecule has 3 rings (SSSR count). The van der Waals surface area contributed by atoms with E-state index in [2.05, 4.69) is 36.5 Å². The van der Waals surface area contributed by atoms with Crippen LogP contribution in [0.15, 0.2) is 5.38 Å². The van der Waals surface area contributed by atoms with Crippen molar-refractivity contribution >= 4 is 23.2 Å². The highest BCUT2D eigenvalue weighted by atomic mass is 32.1. The number of hydrogen-bond donors (Lipinski definition) is 1. The van der Waals surface area contributed by atoms with Gasteiger partial charge in [-0.15, -0.1) is 11.3 Å². The largest absolute Gasteiger partial charge is 0.347 e. The van der Waals surface area contributed by atoms with Crippen molar-refractivity contribution < 1.29 is 9.59 Å². The van der Waals surface area contributed by atoms with Gasteiger partial charge in [-0.25, -0.2) is 4.98 Å². The average molecular weight is 350 g/mol. The van der Waals surface area contributed by atoms with Gasteiger partial charge in [0.15, 0.2) is 0 Å². The Morgan fingerprint density at radius 1 is 1.46 bits per heavy atom. The van der Waals surface area contributed by atoms with E-state index in [0.717, 1.165) is 17.2 Å². The van der Waals surface area contributed by atoms with Gasteiger partial charge < -0.3 is 10.2 Å². The lowest BCUT2D eigenvalue weighted by Crippen LogP contribution is -2.35. The van der Waals surface area contributed by atoms with E-state index in [9.17, 15) is 9.59 Å². The molecule has 24 heavy (non-hydrogen) atoms. The van der Waals surface area contributed by atoms with Gasteiger partial charge >= 0.3 is 0 Å². The predicted molar refractivity (Wildman–Crippen MR) is 94.8 cm³/mol. The Kier molecular flexibility index (Phi) is 4.69. The second kappa shape index (κ2) is 6.47. The van der Waals surface area contributed by atoms with Gasteiger partial charge in [0.25, 0.3) is 0 Å². The van der Waals surface area contributed by atoms with Crippen LogP contribution in [0.25, 0.3) is 0 Å². The molecule has 2 fully saturated rings. The highest BCUT2D eigenvalue weighted by Gasteiger charge is 2.37. The quantitative estimate of drug-likeness (QED) is 0.889. The van der Waals surface area contributed by atoms with Crippen LogP contribution in [0.1, 0.15) is 63.7 Å². The predicted octanol–water partition coefficient (Wildman–Crippen LogP) is 2.88. The number of rotatable bonds is 5. The standard InChI is InChI=1S/C18H27N3O2S/c1-11(17-20-14(10-24-17)18(2,3)4)19-16(23)13-7-15(22)21(9-13)8-12-5-6-12/h10-13H,5-9H2,1-4H3,(H,19,23)/t11-,13+/m1/s1. The van der Waals surface area contributed by atoms with Crippen LogP contribution < -0.4 is 5.32 Å². The highest BCUT2D eigenvalue weighted by molar-refractivity contribution is 7.09. The van der Waals surface area contributed by atoms with Crippen LogP contribution in [0, 0.1) is 11.8 Å². The number of carbonyl (C=O) groups excluding carboxylic acids is 2. The summed E-state index contributed by atoms with van der Waals surface area (Å²) in [5.74, 6) is 0.544. The minimum absolute atomic E-state index is 0.0136.